The molecule has 5 nitrogen and oxygen atoms in total. The van der Waals surface area contributed by atoms with Gasteiger partial charge >= 0.3 is 6.01 Å². The van der Waals surface area contributed by atoms with Gasteiger partial charge in [0.25, 0.3) is 0 Å². The van der Waals surface area contributed by atoms with Crippen LogP contribution >= 0.6 is 0 Å². The van der Waals surface area contributed by atoms with Gasteiger partial charge in [0.1, 0.15) is 0 Å². The second kappa shape index (κ2) is 5.60. The third-order valence-corrected chi connectivity index (χ3v) is 6.29. The van der Waals surface area contributed by atoms with Crippen LogP contribution in [0.3, 0.4) is 0 Å². The van der Waals surface area contributed by atoms with Gasteiger partial charge in [-0.3, -0.25) is 9.00 Å². The molecule has 108 valence electrons. The molecule has 0 N–H and O–H groups in total. The number of ether oxygens (including phenoxy) is 1. The highest BCUT2D eigenvalue weighted by Gasteiger charge is 2.42. The topological polar surface area (TPSA) is 69.2 Å². The molecule has 2 fully saturated rings. The van der Waals surface area contributed by atoms with Crippen LogP contribution in [-0.4, -0.2) is 37.1 Å². The van der Waals surface area contributed by atoms with Gasteiger partial charge in [-0.2, -0.15) is 0 Å². The molecule has 0 spiro atoms. The maximum Gasteiger partial charge on any atom is 0.316 e. The zero-order chi connectivity index (χ0) is 14.1. The summed E-state index contributed by atoms with van der Waals surface area (Å²) in [5.74, 6) is 0.0633. The fraction of sp³-hybridized carbons (Fsp3) is 0.643. The smallest absolute Gasteiger partial charge is 0.316 e. The van der Waals surface area contributed by atoms with Crippen LogP contribution in [0.1, 0.15) is 43.0 Å². The lowest BCUT2D eigenvalue weighted by atomic mass is 9.91. The number of hydrogen-bond donors (Lipinski definition) is 0. The molecule has 1 aromatic rings. The first-order valence-corrected chi connectivity index (χ1v) is 8.35. The van der Waals surface area contributed by atoms with Crippen molar-refractivity contribution in [3.63, 3.8) is 0 Å². The first-order valence-electron chi connectivity index (χ1n) is 7.07. The summed E-state index contributed by atoms with van der Waals surface area (Å²) >= 11 is 0. The van der Waals surface area contributed by atoms with Crippen molar-refractivity contribution in [3.05, 3.63) is 18.0 Å². The second-order valence-corrected chi connectivity index (χ2v) is 7.36. The van der Waals surface area contributed by atoms with Crippen molar-refractivity contribution in [2.45, 2.75) is 43.1 Å². The van der Waals surface area contributed by atoms with Gasteiger partial charge in [-0.05, 0) is 32.6 Å². The number of nitrogens with zero attached hydrogens (tertiary/aromatic N) is 2. The molecule has 3 rings (SSSR count). The molecular weight excluding hydrogens is 276 g/mol. The number of hydrogen-bond acceptors (Lipinski definition) is 5. The van der Waals surface area contributed by atoms with E-state index in [0.29, 0.717) is 18.2 Å². The average molecular weight is 294 g/mol. The molecule has 0 amide bonds. The molecule has 2 bridgehead atoms. The number of rotatable bonds is 4. The molecule has 3 heterocycles. The lowest BCUT2D eigenvalue weighted by molar-refractivity contribution is 0.0905. The van der Waals surface area contributed by atoms with E-state index in [1.807, 2.05) is 6.92 Å². The van der Waals surface area contributed by atoms with Crippen LogP contribution < -0.4 is 4.74 Å². The largest absolute Gasteiger partial charge is 0.464 e. The summed E-state index contributed by atoms with van der Waals surface area (Å²) in [6, 6.07) is 0.300. The Bertz CT molecular complexity index is 516. The molecule has 2 unspecified atom stereocenters. The number of Topliss-reactive ketones (excluding diaryl/α,β-unsaturated/α-hetero) is 1. The summed E-state index contributed by atoms with van der Waals surface area (Å²) in [6.45, 7) is 2.37. The SMILES string of the molecule is CCOc1ncc(C(=O)C2CC3CCC(C2)S3=O)cn1. The molecule has 6 heteroatoms. The molecule has 2 aliphatic heterocycles. The van der Waals surface area contributed by atoms with Crippen molar-refractivity contribution in [3.8, 4) is 6.01 Å². The van der Waals surface area contributed by atoms with Crippen LogP contribution in [0.25, 0.3) is 0 Å². The number of ketones is 1. The standard InChI is InChI=1S/C14H18N2O3S/c1-2-19-14-15-7-10(8-16-14)13(17)9-5-11-3-4-12(6-9)20(11)18/h7-9,11-12H,2-6H2,1H3. The van der Waals surface area contributed by atoms with E-state index < -0.39 is 10.8 Å². The van der Waals surface area contributed by atoms with Gasteiger partial charge in [0.05, 0.1) is 12.2 Å². The molecule has 2 atom stereocenters. The molecule has 0 aliphatic carbocycles. The van der Waals surface area contributed by atoms with Gasteiger partial charge in [-0.1, -0.05) is 0 Å². The Labute approximate surface area is 120 Å². The molecule has 0 aromatic carbocycles. The van der Waals surface area contributed by atoms with E-state index in [0.717, 1.165) is 25.7 Å². The Morgan fingerprint density at radius 3 is 2.45 bits per heavy atom. The predicted molar refractivity (Wildman–Crippen MR) is 75.2 cm³/mol. The minimum absolute atomic E-state index is 0.0215. The Morgan fingerprint density at radius 2 is 1.90 bits per heavy atom. The third kappa shape index (κ3) is 2.49. The van der Waals surface area contributed by atoms with Gasteiger partial charge in [-0.25, -0.2) is 9.97 Å². The van der Waals surface area contributed by atoms with Gasteiger partial charge in [0, 0.05) is 39.6 Å². The normalized spacial score (nSPS) is 32.0. The molecular formula is C14H18N2O3S. The number of aromatic nitrogens is 2. The highest BCUT2D eigenvalue weighted by molar-refractivity contribution is 7.86. The van der Waals surface area contributed by atoms with Crippen LogP contribution in [0.15, 0.2) is 12.4 Å². The first-order chi connectivity index (χ1) is 9.69. The summed E-state index contributed by atoms with van der Waals surface area (Å²) in [5, 5.41) is 0.428. The Kier molecular flexibility index (Phi) is 3.83. The van der Waals surface area contributed by atoms with E-state index in [9.17, 15) is 9.00 Å². The molecule has 2 saturated heterocycles. The Morgan fingerprint density at radius 1 is 1.30 bits per heavy atom. The van der Waals surface area contributed by atoms with Crippen LogP contribution in [-0.2, 0) is 10.8 Å². The minimum Gasteiger partial charge on any atom is -0.464 e. The van der Waals surface area contributed by atoms with Gasteiger partial charge in [0.15, 0.2) is 5.78 Å². The molecule has 1 aromatic heterocycles. The summed E-state index contributed by atoms with van der Waals surface area (Å²) in [4.78, 5) is 20.6. The van der Waals surface area contributed by atoms with Crippen LogP contribution in [0.4, 0.5) is 0 Å². The van der Waals surface area contributed by atoms with Crippen molar-refractivity contribution >= 4 is 16.6 Å². The third-order valence-electron chi connectivity index (χ3n) is 4.12. The minimum atomic E-state index is -0.722. The molecule has 2 aliphatic rings. The van der Waals surface area contributed by atoms with Crippen molar-refractivity contribution in [1.29, 1.82) is 0 Å². The van der Waals surface area contributed by atoms with E-state index >= 15 is 0 Å². The number of fused-ring (bicyclic) bond motifs is 2. The maximum absolute atomic E-state index is 12.5. The molecule has 20 heavy (non-hydrogen) atoms. The quantitative estimate of drug-likeness (QED) is 0.791. The average Bonchev–Trinajstić information content (AvgIpc) is 2.68. The van der Waals surface area contributed by atoms with E-state index in [1.165, 1.54) is 12.4 Å². The summed E-state index contributed by atoms with van der Waals surface area (Å²) < 4.78 is 17.1. The highest BCUT2D eigenvalue weighted by Crippen LogP contribution is 2.39. The fourth-order valence-electron chi connectivity index (χ4n) is 3.13. The summed E-state index contributed by atoms with van der Waals surface area (Å²) in [7, 11) is -0.722. The zero-order valence-corrected chi connectivity index (χ0v) is 12.3. The highest BCUT2D eigenvalue weighted by atomic mass is 32.2. The fourth-order valence-corrected chi connectivity index (χ4v) is 5.25. The van der Waals surface area contributed by atoms with Crippen LogP contribution in [0.5, 0.6) is 6.01 Å². The zero-order valence-electron chi connectivity index (χ0n) is 11.4. The Hall–Kier alpha value is -1.30. The van der Waals surface area contributed by atoms with Crippen molar-refractivity contribution in [2.24, 2.45) is 5.92 Å². The van der Waals surface area contributed by atoms with Crippen LogP contribution in [0.2, 0.25) is 0 Å². The van der Waals surface area contributed by atoms with E-state index in [-0.39, 0.29) is 22.2 Å². The number of carbonyl (C=O) groups excluding carboxylic acids is 1. The first kappa shape index (κ1) is 13.7. The number of carbonyl (C=O) groups is 1. The van der Waals surface area contributed by atoms with Crippen molar-refractivity contribution in [1.82, 2.24) is 9.97 Å². The van der Waals surface area contributed by atoms with Crippen molar-refractivity contribution in [2.75, 3.05) is 6.61 Å². The predicted octanol–water partition coefficient (Wildman–Crippen LogP) is 1.75. The molecule has 0 saturated carbocycles. The lowest BCUT2D eigenvalue weighted by Gasteiger charge is -2.26. The lowest BCUT2D eigenvalue weighted by Crippen LogP contribution is -2.32. The van der Waals surface area contributed by atoms with Crippen LogP contribution in [0, 0.1) is 5.92 Å². The van der Waals surface area contributed by atoms with Gasteiger partial charge in [-0.15, -0.1) is 0 Å². The Balaban J connectivity index is 1.71. The van der Waals surface area contributed by atoms with E-state index in [2.05, 4.69) is 9.97 Å². The van der Waals surface area contributed by atoms with Gasteiger partial charge < -0.3 is 4.74 Å². The van der Waals surface area contributed by atoms with Crippen molar-refractivity contribution < 1.29 is 13.7 Å². The summed E-state index contributed by atoms with van der Waals surface area (Å²) in [5.41, 5.74) is 0.533. The van der Waals surface area contributed by atoms with E-state index in [4.69, 9.17) is 4.74 Å². The van der Waals surface area contributed by atoms with E-state index in [1.54, 1.807) is 0 Å². The molecule has 0 radical (unpaired) electrons. The second-order valence-electron chi connectivity index (χ2n) is 5.37. The maximum atomic E-state index is 12.5. The van der Waals surface area contributed by atoms with Gasteiger partial charge in [0.2, 0.25) is 0 Å². The summed E-state index contributed by atoms with van der Waals surface area (Å²) in [6.07, 6.45) is 6.56. The monoisotopic (exact) mass is 294 g/mol.